The summed E-state index contributed by atoms with van der Waals surface area (Å²) in [7, 11) is 4.79. The van der Waals surface area contributed by atoms with Gasteiger partial charge in [0, 0.05) is 47.5 Å². The van der Waals surface area contributed by atoms with E-state index < -0.39 is 11.9 Å². The normalized spacial score (nSPS) is 15.6. The van der Waals surface area contributed by atoms with Crippen molar-refractivity contribution >= 4 is 34.5 Å². The number of anilines is 1. The average molecular weight is 496 g/mol. The van der Waals surface area contributed by atoms with Gasteiger partial charge in [-0.2, -0.15) is 5.10 Å². The quantitative estimate of drug-likeness (QED) is 0.442. The molecule has 0 unspecified atom stereocenters. The number of carbonyl (C=O) groups excluding carboxylic acids is 1. The van der Waals surface area contributed by atoms with Crippen molar-refractivity contribution in [2.45, 2.75) is 39.4 Å². The monoisotopic (exact) mass is 496 g/mol. The van der Waals surface area contributed by atoms with Gasteiger partial charge in [0.25, 0.3) is 0 Å². The fraction of sp³-hybridized carbons (Fsp3) is 0.765. The van der Waals surface area contributed by atoms with E-state index in [0.29, 0.717) is 38.6 Å². The predicted molar refractivity (Wildman–Crippen MR) is 109 cm³/mol. The van der Waals surface area contributed by atoms with E-state index >= 15 is 0 Å². The van der Waals surface area contributed by atoms with Crippen LogP contribution in [-0.4, -0.2) is 73.9 Å². The van der Waals surface area contributed by atoms with Crippen LogP contribution in [0.2, 0.25) is 0 Å². The van der Waals surface area contributed by atoms with Crippen LogP contribution in [0, 0.1) is 3.57 Å². The lowest BCUT2D eigenvalue weighted by Crippen LogP contribution is -2.50. The number of hydrogen-bond acceptors (Lipinski definition) is 7. The molecule has 9 nitrogen and oxygen atoms in total. The summed E-state index contributed by atoms with van der Waals surface area (Å²) >= 11 is 2.26. The second-order valence-corrected chi connectivity index (χ2v) is 8.28. The molecule has 0 saturated carbocycles. The Morgan fingerprint density at radius 3 is 2.22 bits per heavy atom. The molecule has 1 aromatic rings. The van der Waals surface area contributed by atoms with E-state index in [1.54, 1.807) is 30.9 Å². The summed E-state index contributed by atoms with van der Waals surface area (Å²) in [6.07, 6.45) is -0.821. The third-order valence-corrected chi connectivity index (χ3v) is 5.06. The fourth-order valence-electron chi connectivity index (χ4n) is 2.86. The van der Waals surface area contributed by atoms with Gasteiger partial charge in [0.05, 0.1) is 3.57 Å². The second kappa shape index (κ2) is 9.39. The summed E-state index contributed by atoms with van der Waals surface area (Å²) < 4.78 is 24.2. The molecule has 0 N–H and O–H groups in total. The molecule has 0 radical (unpaired) electrons. The van der Waals surface area contributed by atoms with Gasteiger partial charge in [0.1, 0.15) is 23.8 Å². The van der Waals surface area contributed by atoms with Gasteiger partial charge >= 0.3 is 6.09 Å². The molecule has 1 saturated heterocycles. The highest BCUT2D eigenvalue weighted by atomic mass is 127. The molecule has 154 valence electrons. The zero-order valence-corrected chi connectivity index (χ0v) is 19.0. The standard InChI is InChI=1S/C17H29IN4O5/c1-17(2,3)27-16(23)21-9-7-20(8-10-21)14-12(18)13(15(25-5)26-6)19-22(14)11-24-4/h15H,7-11H2,1-6H3. The van der Waals surface area contributed by atoms with Crippen LogP contribution in [0.4, 0.5) is 10.6 Å². The van der Waals surface area contributed by atoms with Gasteiger partial charge in [-0.05, 0) is 43.4 Å². The minimum absolute atomic E-state index is 0.276. The molecule has 0 spiro atoms. The minimum Gasteiger partial charge on any atom is -0.444 e. The molecular formula is C17H29IN4O5. The zero-order chi connectivity index (χ0) is 20.2. The molecular weight excluding hydrogens is 467 g/mol. The van der Waals surface area contributed by atoms with E-state index in [0.717, 1.165) is 9.39 Å². The Labute approximate surface area is 174 Å². The summed E-state index contributed by atoms with van der Waals surface area (Å²) in [5.41, 5.74) is 0.215. The number of hydrogen-bond donors (Lipinski definition) is 0. The molecule has 1 amide bonds. The van der Waals surface area contributed by atoms with E-state index in [4.69, 9.17) is 18.9 Å². The third-order valence-electron chi connectivity index (χ3n) is 4.03. The molecule has 2 rings (SSSR count). The Bertz CT molecular complexity index is 634. The lowest BCUT2D eigenvalue weighted by Gasteiger charge is -2.36. The Morgan fingerprint density at radius 2 is 1.74 bits per heavy atom. The second-order valence-electron chi connectivity index (χ2n) is 7.20. The van der Waals surface area contributed by atoms with Crippen molar-refractivity contribution in [3.8, 4) is 0 Å². The highest BCUT2D eigenvalue weighted by Crippen LogP contribution is 2.32. The van der Waals surface area contributed by atoms with Crippen molar-refractivity contribution in [3.05, 3.63) is 9.26 Å². The predicted octanol–water partition coefficient (Wildman–Crippen LogP) is 2.44. The Balaban J connectivity index is 2.16. The summed E-state index contributed by atoms with van der Waals surface area (Å²) in [6.45, 7) is 8.44. The number of piperazine rings is 1. The average Bonchev–Trinajstić information content (AvgIpc) is 2.91. The van der Waals surface area contributed by atoms with E-state index in [2.05, 4.69) is 32.6 Å². The summed E-state index contributed by atoms with van der Waals surface area (Å²) in [5, 5.41) is 4.61. The fourth-order valence-corrected chi connectivity index (χ4v) is 3.84. The number of ether oxygens (including phenoxy) is 4. The first-order valence-electron chi connectivity index (χ1n) is 8.75. The van der Waals surface area contributed by atoms with Gasteiger partial charge in [0.15, 0.2) is 0 Å². The summed E-state index contributed by atoms with van der Waals surface area (Å²) in [5.74, 6) is 0.940. The van der Waals surface area contributed by atoms with Gasteiger partial charge in [-0.1, -0.05) is 0 Å². The molecule has 0 aromatic carbocycles. The minimum atomic E-state index is -0.545. The van der Waals surface area contributed by atoms with Gasteiger partial charge in [-0.15, -0.1) is 0 Å². The molecule has 0 atom stereocenters. The van der Waals surface area contributed by atoms with Crippen LogP contribution in [0.15, 0.2) is 0 Å². The molecule has 1 aromatic heterocycles. The van der Waals surface area contributed by atoms with Crippen molar-refractivity contribution < 1.29 is 23.7 Å². The molecule has 0 bridgehead atoms. The molecule has 10 heteroatoms. The van der Waals surface area contributed by atoms with Gasteiger partial charge in [0.2, 0.25) is 6.29 Å². The molecule has 1 aliphatic rings. The van der Waals surface area contributed by atoms with Crippen LogP contribution in [0.25, 0.3) is 0 Å². The maximum atomic E-state index is 12.3. The molecule has 2 heterocycles. The number of rotatable bonds is 6. The number of methoxy groups -OCH3 is 3. The smallest absolute Gasteiger partial charge is 0.410 e. The molecule has 1 fully saturated rings. The number of carbonyl (C=O) groups is 1. The number of amides is 1. The molecule has 27 heavy (non-hydrogen) atoms. The van der Waals surface area contributed by atoms with Crippen LogP contribution >= 0.6 is 22.6 Å². The lowest BCUT2D eigenvalue weighted by atomic mass is 10.2. The first-order chi connectivity index (χ1) is 12.7. The van der Waals surface area contributed by atoms with Crippen molar-refractivity contribution in [2.24, 2.45) is 0 Å². The maximum Gasteiger partial charge on any atom is 0.410 e. The molecule has 1 aliphatic heterocycles. The van der Waals surface area contributed by atoms with Crippen molar-refractivity contribution in [1.29, 1.82) is 0 Å². The lowest BCUT2D eigenvalue weighted by molar-refractivity contribution is -0.109. The number of nitrogens with zero attached hydrogens (tertiary/aromatic N) is 4. The number of halogens is 1. The van der Waals surface area contributed by atoms with Gasteiger partial charge < -0.3 is 28.7 Å². The molecule has 0 aliphatic carbocycles. The highest BCUT2D eigenvalue weighted by molar-refractivity contribution is 14.1. The third kappa shape index (κ3) is 5.46. The van der Waals surface area contributed by atoms with E-state index in [9.17, 15) is 4.79 Å². The topological polar surface area (TPSA) is 78.3 Å². The highest BCUT2D eigenvalue weighted by Gasteiger charge is 2.30. The van der Waals surface area contributed by atoms with E-state index in [1.807, 2.05) is 20.8 Å². The van der Waals surface area contributed by atoms with Crippen LogP contribution in [0.3, 0.4) is 0 Å². The van der Waals surface area contributed by atoms with Crippen LogP contribution in [0.1, 0.15) is 32.8 Å². The van der Waals surface area contributed by atoms with Crippen LogP contribution < -0.4 is 4.90 Å². The van der Waals surface area contributed by atoms with Crippen LogP contribution in [-0.2, 0) is 25.7 Å². The maximum absolute atomic E-state index is 12.3. The van der Waals surface area contributed by atoms with Crippen molar-refractivity contribution in [1.82, 2.24) is 14.7 Å². The largest absolute Gasteiger partial charge is 0.444 e. The Hall–Kier alpha value is -1.11. The van der Waals surface area contributed by atoms with E-state index in [-0.39, 0.29) is 6.09 Å². The summed E-state index contributed by atoms with van der Waals surface area (Å²) in [4.78, 5) is 16.2. The van der Waals surface area contributed by atoms with Crippen LogP contribution in [0.5, 0.6) is 0 Å². The zero-order valence-electron chi connectivity index (χ0n) is 16.8. The van der Waals surface area contributed by atoms with Gasteiger partial charge in [-0.3, -0.25) is 0 Å². The SMILES string of the molecule is COCn1nc(C(OC)OC)c(I)c1N1CCN(C(=O)OC(C)(C)C)CC1. The van der Waals surface area contributed by atoms with Gasteiger partial charge in [-0.25, -0.2) is 9.48 Å². The first-order valence-corrected chi connectivity index (χ1v) is 9.83. The van der Waals surface area contributed by atoms with E-state index in [1.165, 1.54) is 0 Å². The Kier molecular flexibility index (Phi) is 7.72. The summed E-state index contributed by atoms with van der Waals surface area (Å²) in [6, 6.07) is 0. The van der Waals surface area contributed by atoms with Crippen molar-refractivity contribution in [3.63, 3.8) is 0 Å². The Morgan fingerprint density at radius 1 is 1.15 bits per heavy atom. The van der Waals surface area contributed by atoms with Crippen molar-refractivity contribution in [2.75, 3.05) is 52.4 Å². The number of aromatic nitrogens is 2. The first kappa shape index (κ1) is 22.2.